The summed E-state index contributed by atoms with van der Waals surface area (Å²) >= 11 is 0. The molecule has 2 aromatic heterocycles. The first-order valence-corrected chi connectivity index (χ1v) is 9.90. The fourth-order valence-electron chi connectivity index (χ4n) is 4.56. The highest BCUT2D eigenvalue weighted by atomic mass is 16.5. The summed E-state index contributed by atoms with van der Waals surface area (Å²) in [5.41, 5.74) is 0.943. The molecule has 1 unspecified atom stereocenters. The molecule has 8 heteroatoms. The first-order chi connectivity index (χ1) is 13.5. The Morgan fingerprint density at radius 1 is 1.39 bits per heavy atom. The van der Waals surface area contributed by atoms with Gasteiger partial charge in [-0.3, -0.25) is 9.78 Å². The van der Waals surface area contributed by atoms with Crippen LogP contribution in [-0.4, -0.2) is 75.3 Å². The molecule has 0 bridgehead atoms. The number of hydrogen-bond acceptors (Lipinski definition) is 7. The minimum atomic E-state index is -0.257. The maximum absolute atomic E-state index is 12.6. The lowest BCUT2D eigenvalue weighted by Crippen LogP contribution is -2.53. The van der Waals surface area contributed by atoms with E-state index < -0.39 is 0 Å². The van der Waals surface area contributed by atoms with Gasteiger partial charge in [0, 0.05) is 57.0 Å². The number of carbonyl (C=O) groups excluding carboxylic acids is 1. The number of piperidine rings is 2. The highest BCUT2D eigenvalue weighted by Gasteiger charge is 2.41. The molecule has 1 amide bonds. The number of likely N-dealkylation sites (N-methyl/N-ethyl adjacent to an activating group) is 1. The molecule has 1 spiro atoms. The zero-order chi connectivity index (χ0) is 19.6. The number of aliphatic hydroxyl groups is 1. The van der Waals surface area contributed by atoms with Crippen molar-refractivity contribution >= 4 is 5.91 Å². The number of β-amino-alcohol motifs (C(OH)–C–C–N with tert-alkyl or cyclic N) is 1. The van der Waals surface area contributed by atoms with Gasteiger partial charge >= 0.3 is 0 Å². The molecular weight excluding hydrogens is 358 g/mol. The average Bonchev–Trinajstić information content (AvgIpc) is 3.15. The van der Waals surface area contributed by atoms with E-state index in [4.69, 9.17) is 4.52 Å². The van der Waals surface area contributed by atoms with Crippen molar-refractivity contribution in [2.75, 3.05) is 33.2 Å². The van der Waals surface area contributed by atoms with Crippen LogP contribution in [0.1, 0.15) is 31.6 Å². The molecule has 28 heavy (non-hydrogen) atoms. The van der Waals surface area contributed by atoms with Gasteiger partial charge in [-0.1, -0.05) is 5.16 Å². The Hall–Kier alpha value is -2.32. The number of nitrogens with zero attached hydrogens (tertiary/aromatic N) is 5. The van der Waals surface area contributed by atoms with Gasteiger partial charge in [-0.25, -0.2) is 0 Å². The van der Waals surface area contributed by atoms with E-state index in [-0.39, 0.29) is 17.4 Å². The van der Waals surface area contributed by atoms with Gasteiger partial charge in [-0.05, 0) is 43.9 Å². The van der Waals surface area contributed by atoms with Crippen LogP contribution in [0.15, 0.2) is 29.0 Å². The lowest BCUT2D eigenvalue weighted by atomic mass is 9.71. The van der Waals surface area contributed by atoms with E-state index >= 15 is 0 Å². The summed E-state index contributed by atoms with van der Waals surface area (Å²) in [5.74, 6) is 1.09. The van der Waals surface area contributed by atoms with Crippen LogP contribution in [0.25, 0.3) is 11.4 Å². The van der Waals surface area contributed by atoms with Crippen molar-refractivity contribution in [3.8, 4) is 11.4 Å². The molecule has 4 heterocycles. The van der Waals surface area contributed by atoms with Crippen LogP contribution in [0.2, 0.25) is 0 Å². The first kappa shape index (κ1) is 19.0. The van der Waals surface area contributed by atoms with Gasteiger partial charge in [-0.15, -0.1) is 0 Å². The number of carbonyl (C=O) groups is 1. The van der Waals surface area contributed by atoms with Crippen molar-refractivity contribution in [2.45, 2.75) is 38.2 Å². The summed E-state index contributed by atoms with van der Waals surface area (Å²) < 4.78 is 5.28. The first-order valence-electron chi connectivity index (χ1n) is 9.90. The molecule has 4 rings (SSSR count). The third-order valence-electron chi connectivity index (χ3n) is 5.91. The zero-order valence-electron chi connectivity index (χ0n) is 16.3. The molecule has 0 saturated carbocycles. The molecule has 2 fully saturated rings. The van der Waals surface area contributed by atoms with Gasteiger partial charge in [0.05, 0.1) is 6.10 Å². The van der Waals surface area contributed by atoms with Crippen LogP contribution in [0.3, 0.4) is 0 Å². The molecule has 2 aliphatic heterocycles. The second-order valence-corrected chi connectivity index (χ2v) is 8.19. The number of rotatable bonds is 4. The maximum Gasteiger partial charge on any atom is 0.227 e. The molecule has 0 aromatic carbocycles. The normalized spacial score (nSPS) is 22.5. The smallest absolute Gasteiger partial charge is 0.227 e. The van der Waals surface area contributed by atoms with Crippen molar-refractivity contribution in [3.05, 3.63) is 30.4 Å². The van der Waals surface area contributed by atoms with E-state index in [0.717, 1.165) is 51.0 Å². The Kier molecular flexibility index (Phi) is 5.41. The largest absolute Gasteiger partial charge is 0.392 e. The summed E-state index contributed by atoms with van der Waals surface area (Å²) in [7, 11) is 2.06. The number of amides is 1. The van der Waals surface area contributed by atoms with Crippen LogP contribution >= 0.6 is 0 Å². The molecule has 0 aliphatic carbocycles. The second-order valence-electron chi connectivity index (χ2n) is 8.19. The van der Waals surface area contributed by atoms with Crippen LogP contribution < -0.4 is 0 Å². The van der Waals surface area contributed by atoms with Gasteiger partial charge in [0.1, 0.15) is 0 Å². The van der Waals surface area contributed by atoms with Crippen LogP contribution in [-0.2, 0) is 11.2 Å². The fourth-order valence-corrected chi connectivity index (χ4v) is 4.56. The Bertz CT molecular complexity index is 789. The lowest BCUT2D eigenvalue weighted by Gasteiger charge is -2.48. The minimum absolute atomic E-state index is 0.126. The van der Waals surface area contributed by atoms with Crippen molar-refractivity contribution in [1.29, 1.82) is 0 Å². The van der Waals surface area contributed by atoms with Gasteiger partial charge in [0.2, 0.25) is 17.6 Å². The highest BCUT2D eigenvalue weighted by molar-refractivity contribution is 5.76. The van der Waals surface area contributed by atoms with Gasteiger partial charge < -0.3 is 19.4 Å². The van der Waals surface area contributed by atoms with Gasteiger partial charge in [0.25, 0.3) is 0 Å². The SMILES string of the molecule is CN1CC(O)CC2(CCN(C(=O)CCc3nc(-c4cccnc4)no3)CC2)C1. The molecule has 1 atom stereocenters. The van der Waals surface area contributed by atoms with Gasteiger partial charge in [0.15, 0.2) is 0 Å². The average molecular weight is 385 g/mol. The van der Waals surface area contributed by atoms with Crippen LogP contribution in [0.5, 0.6) is 0 Å². The summed E-state index contributed by atoms with van der Waals surface area (Å²) in [5, 5.41) is 14.1. The van der Waals surface area contributed by atoms with Gasteiger partial charge in [-0.2, -0.15) is 4.98 Å². The number of aromatic nitrogens is 3. The third-order valence-corrected chi connectivity index (χ3v) is 5.91. The predicted molar refractivity (Wildman–Crippen MR) is 102 cm³/mol. The number of hydrogen-bond donors (Lipinski definition) is 1. The molecule has 2 aliphatic rings. The maximum atomic E-state index is 12.6. The molecular formula is C20H27N5O3. The minimum Gasteiger partial charge on any atom is -0.392 e. The number of aliphatic hydroxyl groups excluding tert-OH is 1. The van der Waals surface area contributed by atoms with E-state index in [0.29, 0.717) is 24.6 Å². The van der Waals surface area contributed by atoms with Crippen molar-refractivity contribution in [3.63, 3.8) is 0 Å². The Morgan fingerprint density at radius 2 is 2.21 bits per heavy atom. The Balaban J connectivity index is 1.28. The molecule has 8 nitrogen and oxygen atoms in total. The standard InChI is InChI=1S/C20H27N5O3/c1-24-13-16(26)11-20(14-24)6-9-25(10-7-20)18(27)5-4-17-22-19(23-28-17)15-3-2-8-21-12-15/h2-3,8,12,16,26H,4-7,9-11,13-14H2,1H3. The zero-order valence-corrected chi connectivity index (χ0v) is 16.3. The molecule has 2 aromatic rings. The molecule has 1 N–H and O–H groups in total. The van der Waals surface area contributed by atoms with Crippen molar-refractivity contribution < 1.29 is 14.4 Å². The monoisotopic (exact) mass is 385 g/mol. The van der Waals surface area contributed by atoms with E-state index in [1.807, 2.05) is 17.0 Å². The number of pyridine rings is 1. The lowest BCUT2D eigenvalue weighted by molar-refractivity contribution is -0.134. The third kappa shape index (κ3) is 4.23. The predicted octanol–water partition coefficient (Wildman–Crippen LogP) is 1.37. The Labute approximate surface area is 164 Å². The van der Waals surface area contributed by atoms with Crippen LogP contribution in [0, 0.1) is 5.41 Å². The number of likely N-dealkylation sites (tertiary alicyclic amines) is 2. The van der Waals surface area contributed by atoms with Crippen molar-refractivity contribution in [2.24, 2.45) is 5.41 Å². The molecule has 150 valence electrons. The summed E-state index contributed by atoms with van der Waals surface area (Å²) in [4.78, 5) is 25.2. The van der Waals surface area contributed by atoms with E-state index in [9.17, 15) is 9.90 Å². The van der Waals surface area contributed by atoms with E-state index in [2.05, 4.69) is 27.1 Å². The summed E-state index contributed by atoms with van der Waals surface area (Å²) in [6.07, 6.45) is 6.67. The summed E-state index contributed by atoms with van der Waals surface area (Å²) in [6, 6.07) is 3.69. The van der Waals surface area contributed by atoms with E-state index in [1.165, 1.54) is 0 Å². The fraction of sp³-hybridized carbons (Fsp3) is 0.600. The number of aryl methyl sites for hydroxylation is 1. The molecule has 0 radical (unpaired) electrons. The van der Waals surface area contributed by atoms with Crippen molar-refractivity contribution in [1.82, 2.24) is 24.9 Å². The quantitative estimate of drug-likeness (QED) is 0.849. The topological polar surface area (TPSA) is 95.6 Å². The Morgan fingerprint density at radius 3 is 2.93 bits per heavy atom. The second kappa shape index (κ2) is 7.97. The summed E-state index contributed by atoms with van der Waals surface area (Å²) in [6.45, 7) is 3.26. The molecule has 2 saturated heterocycles. The van der Waals surface area contributed by atoms with E-state index in [1.54, 1.807) is 12.4 Å². The highest BCUT2D eigenvalue weighted by Crippen LogP contribution is 2.39. The van der Waals surface area contributed by atoms with Crippen LogP contribution in [0.4, 0.5) is 0 Å².